The van der Waals surface area contributed by atoms with Crippen LogP contribution in [-0.2, 0) is 0 Å². The Morgan fingerprint density at radius 3 is 2.69 bits per heavy atom. The SMILES string of the molecule is Cc1cn(-c2ccc(Br)nn2)cn1. The number of aromatic nitrogens is 4. The molecule has 0 atom stereocenters. The van der Waals surface area contributed by atoms with Crippen molar-refractivity contribution < 1.29 is 0 Å². The molecule has 0 spiro atoms. The lowest BCUT2D eigenvalue weighted by atomic mass is 10.5. The molecule has 0 aromatic carbocycles. The van der Waals surface area contributed by atoms with E-state index in [4.69, 9.17) is 0 Å². The van der Waals surface area contributed by atoms with E-state index in [1.54, 1.807) is 6.33 Å². The van der Waals surface area contributed by atoms with Crippen LogP contribution in [-0.4, -0.2) is 19.7 Å². The van der Waals surface area contributed by atoms with Gasteiger partial charge in [0.1, 0.15) is 10.9 Å². The van der Waals surface area contributed by atoms with E-state index >= 15 is 0 Å². The zero-order valence-electron chi connectivity index (χ0n) is 6.98. The highest BCUT2D eigenvalue weighted by atomic mass is 79.9. The van der Waals surface area contributed by atoms with Gasteiger partial charge in [-0.05, 0) is 35.0 Å². The van der Waals surface area contributed by atoms with Gasteiger partial charge in [0, 0.05) is 6.20 Å². The zero-order valence-corrected chi connectivity index (χ0v) is 8.56. The smallest absolute Gasteiger partial charge is 0.160 e. The first-order valence-electron chi connectivity index (χ1n) is 3.76. The van der Waals surface area contributed by atoms with Crippen LogP contribution in [0, 0.1) is 6.92 Å². The molecule has 0 N–H and O–H groups in total. The van der Waals surface area contributed by atoms with Crippen molar-refractivity contribution in [2.45, 2.75) is 6.92 Å². The summed E-state index contributed by atoms with van der Waals surface area (Å²) in [6.45, 7) is 1.93. The molecule has 0 aliphatic heterocycles. The third kappa shape index (κ3) is 1.75. The maximum absolute atomic E-state index is 4.10. The summed E-state index contributed by atoms with van der Waals surface area (Å²) in [7, 11) is 0. The first-order valence-corrected chi connectivity index (χ1v) is 4.55. The van der Waals surface area contributed by atoms with Gasteiger partial charge < -0.3 is 0 Å². The summed E-state index contributed by atoms with van der Waals surface area (Å²) in [6, 6.07) is 3.72. The van der Waals surface area contributed by atoms with Crippen LogP contribution >= 0.6 is 15.9 Å². The van der Waals surface area contributed by atoms with E-state index in [1.807, 2.05) is 29.8 Å². The molecule has 0 saturated heterocycles. The minimum absolute atomic E-state index is 0.730. The molecule has 0 aliphatic rings. The van der Waals surface area contributed by atoms with Gasteiger partial charge in [0.05, 0.1) is 5.69 Å². The van der Waals surface area contributed by atoms with E-state index in [0.29, 0.717) is 0 Å². The molecule has 2 aromatic rings. The van der Waals surface area contributed by atoms with Crippen LogP contribution in [0.2, 0.25) is 0 Å². The lowest BCUT2D eigenvalue weighted by molar-refractivity contribution is 0.900. The lowest BCUT2D eigenvalue weighted by Crippen LogP contribution is -1.95. The first kappa shape index (κ1) is 8.37. The van der Waals surface area contributed by atoms with Crippen molar-refractivity contribution in [1.82, 2.24) is 19.7 Å². The summed E-state index contributed by atoms with van der Waals surface area (Å²) in [5.74, 6) is 0.767. The predicted octanol–water partition coefficient (Wildman–Crippen LogP) is 1.73. The van der Waals surface area contributed by atoms with E-state index < -0.39 is 0 Å². The Kier molecular flexibility index (Phi) is 2.10. The van der Waals surface area contributed by atoms with Gasteiger partial charge >= 0.3 is 0 Å². The quantitative estimate of drug-likeness (QED) is 0.761. The lowest BCUT2D eigenvalue weighted by Gasteiger charge is -1.97. The summed E-state index contributed by atoms with van der Waals surface area (Å²) >= 11 is 3.22. The molecule has 0 saturated carbocycles. The minimum atomic E-state index is 0.730. The van der Waals surface area contributed by atoms with Gasteiger partial charge in [0.15, 0.2) is 5.82 Å². The first-order chi connectivity index (χ1) is 6.25. The van der Waals surface area contributed by atoms with Crippen LogP contribution in [0.4, 0.5) is 0 Å². The molecule has 66 valence electrons. The molecule has 4 nitrogen and oxygen atoms in total. The standard InChI is InChI=1S/C8H7BrN4/c1-6-4-13(5-10-6)8-3-2-7(9)11-12-8/h2-5H,1H3. The maximum Gasteiger partial charge on any atom is 0.160 e. The van der Waals surface area contributed by atoms with Crippen molar-refractivity contribution >= 4 is 15.9 Å². The largest absolute Gasteiger partial charge is 0.289 e. The summed E-state index contributed by atoms with van der Waals surface area (Å²) in [6.07, 6.45) is 3.62. The fraction of sp³-hybridized carbons (Fsp3) is 0.125. The highest BCUT2D eigenvalue weighted by Gasteiger charge is 1.98. The van der Waals surface area contributed by atoms with Crippen LogP contribution in [0.25, 0.3) is 5.82 Å². The highest BCUT2D eigenvalue weighted by Crippen LogP contribution is 2.07. The van der Waals surface area contributed by atoms with E-state index in [0.717, 1.165) is 16.1 Å². The Bertz CT molecular complexity index is 406. The second kappa shape index (κ2) is 3.26. The number of hydrogen-bond donors (Lipinski definition) is 0. The zero-order chi connectivity index (χ0) is 9.26. The molecule has 0 unspecified atom stereocenters. The van der Waals surface area contributed by atoms with Crippen molar-refractivity contribution in [3.05, 3.63) is 35.0 Å². The van der Waals surface area contributed by atoms with Crippen molar-refractivity contribution in [1.29, 1.82) is 0 Å². The fourth-order valence-corrected chi connectivity index (χ4v) is 1.20. The van der Waals surface area contributed by atoms with Crippen LogP contribution in [0.3, 0.4) is 0 Å². The van der Waals surface area contributed by atoms with Crippen LogP contribution < -0.4 is 0 Å². The average Bonchev–Trinajstić information content (AvgIpc) is 2.53. The maximum atomic E-state index is 4.10. The molecule has 13 heavy (non-hydrogen) atoms. The normalized spacial score (nSPS) is 10.3. The molecule has 5 heteroatoms. The number of nitrogens with zero attached hydrogens (tertiary/aromatic N) is 4. The minimum Gasteiger partial charge on any atom is -0.289 e. The molecule has 0 fully saturated rings. The number of aryl methyl sites for hydroxylation is 1. The average molecular weight is 239 g/mol. The number of halogens is 1. The van der Waals surface area contributed by atoms with E-state index in [-0.39, 0.29) is 0 Å². The summed E-state index contributed by atoms with van der Waals surface area (Å²) in [5, 5.41) is 7.87. The Morgan fingerprint density at radius 1 is 1.31 bits per heavy atom. The molecular formula is C8H7BrN4. The van der Waals surface area contributed by atoms with Crippen LogP contribution in [0.15, 0.2) is 29.3 Å². The van der Waals surface area contributed by atoms with Gasteiger partial charge in [-0.1, -0.05) is 0 Å². The summed E-state index contributed by atoms with van der Waals surface area (Å²) in [4.78, 5) is 4.10. The Balaban J connectivity index is 2.41. The molecule has 0 aliphatic carbocycles. The van der Waals surface area contributed by atoms with E-state index in [2.05, 4.69) is 31.1 Å². The van der Waals surface area contributed by atoms with Gasteiger partial charge in [0.2, 0.25) is 0 Å². The van der Waals surface area contributed by atoms with Crippen molar-refractivity contribution in [2.75, 3.05) is 0 Å². The summed E-state index contributed by atoms with van der Waals surface area (Å²) < 4.78 is 2.56. The number of hydrogen-bond acceptors (Lipinski definition) is 3. The second-order valence-electron chi connectivity index (χ2n) is 2.64. The van der Waals surface area contributed by atoms with Crippen LogP contribution in [0.1, 0.15) is 5.69 Å². The Hall–Kier alpha value is -1.23. The summed E-state index contributed by atoms with van der Waals surface area (Å²) in [5.41, 5.74) is 0.963. The van der Waals surface area contributed by atoms with E-state index in [1.165, 1.54) is 0 Å². The molecule has 2 rings (SSSR count). The topological polar surface area (TPSA) is 43.6 Å². The third-order valence-electron chi connectivity index (χ3n) is 1.59. The highest BCUT2D eigenvalue weighted by molar-refractivity contribution is 9.10. The van der Waals surface area contributed by atoms with Gasteiger partial charge in [-0.3, -0.25) is 4.57 Å². The fourth-order valence-electron chi connectivity index (χ4n) is 0.993. The van der Waals surface area contributed by atoms with Crippen molar-refractivity contribution in [3.63, 3.8) is 0 Å². The second-order valence-corrected chi connectivity index (χ2v) is 3.45. The monoisotopic (exact) mass is 238 g/mol. The third-order valence-corrected chi connectivity index (χ3v) is 2.02. The molecule has 0 radical (unpaired) electrons. The van der Waals surface area contributed by atoms with Gasteiger partial charge in [0.25, 0.3) is 0 Å². The van der Waals surface area contributed by atoms with Gasteiger partial charge in [-0.15, -0.1) is 10.2 Å². The molecule has 2 aromatic heterocycles. The predicted molar refractivity (Wildman–Crippen MR) is 51.6 cm³/mol. The van der Waals surface area contributed by atoms with Crippen molar-refractivity contribution in [3.8, 4) is 5.82 Å². The molecule has 0 bridgehead atoms. The molecule has 2 heterocycles. The van der Waals surface area contributed by atoms with Crippen LogP contribution in [0.5, 0.6) is 0 Å². The van der Waals surface area contributed by atoms with E-state index in [9.17, 15) is 0 Å². The van der Waals surface area contributed by atoms with Crippen molar-refractivity contribution in [2.24, 2.45) is 0 Å². The Morgan fingerprint density at radius 2 is 2.15 bits per heavy atom. The van der Waals surface area contributed by atoms with Gasteiger partial charge in [-0.2, -0.15) is 0 Å². The van der Waals surface area contributed by atoms with Gasteiger partial charge in [-0.25, -0.2) is 4.98 Å². The molecule has 0 amide bonds. The molecular weight excluding hydrogens is 232 g/mol. The Labute approximate surface area is 83.8 Å². The number of rotatable bonds is 1. The number of imidazole rings is 1.